The second kappa shape index (κ2) is 40.0. The maximum atomic E-state index is 10.5. The predicted octanol–water partition coefficient (Wildman–Crippen LogP) is 21.6. The van der Waals surface area contributed by atoms with Gasteiger partial charge in [0.15, 0.2) is 8.32 Å². The lowest BCUT2D eigenvalue weighted by atomic mass is 9.69. The SMILES string of the molecule is CCCc1ccc(-c2ccc(C(CC)(CC)c3ccc(CCC(O)C(C)(C)C)c(C)c3)cc2C)nc1.CCCc1ccc(-c2ccc(C(CC)(CC)c3ccc(CCC(O[Si](C)(C)C(C)(C)C)C(C)(C)C)c(C)c3)cc2C)nc1.ClCCl.O=C=O.O=C=O.O=CC(F)(F)F. The number of pyridine rings is 2. The summed E-state index contributed by atoms with van der Waals surface area (Å²) in [7, 11) is -1.85. The highest BCUT2D eigenvalue weighted by atomic mass is 35.5. The van der Waals surface area contributed by atoms with Crippen molar-refractivity contribution in [3.8, 4) is 22.5 Å². The van der Waals surface area contributed by atoms with Crippen LogP contribution in [0.5, 0.6) is 0 Å². The Balaban J connectivity index is 0.000000780. The maximum absolute atomic E-state index is 10.5. The van der Waals surface area contributed by atoms with Crippen LogP contribution in [0.15, 0.2) is 109 Å². The van der Waals surface area contributed by atoms with Crippen LogP contribution in [0.25, 0.3) is 22.5 Å². The van der Waals surface area contributed by atoms with Gasteiger partial charge in [0.25, 0.3) is 0 Å². The van der Waals surface area contributed by atoms with Crippen molar-refractivity contribution in [2.75, 3.05) is 5.34 Å². The van der Waals surface area contributed by atoms with Crippen LogP contribution in [-0.2, 0) is 64.9 Å². The van der Waals surface area contributed by atoms with E-state index in [0.29, 0.717) is 0 Å². The van der Waals surface area contributed by atoms with Gasteiger partial charge >= 0.3 is 18.5 Å². The van der Waals surface area contributed by atoms with E-state index in [2.05, 4.69) is 242 Å². The standard InChI is InChI=1S/C40H61NOSi.C34H47NO.C2HF3O.CH2Cl2.2CO2/c1-14-17-31-18-24-36(41-28-31)35-23-22-34(27-30(35)5)40(15-2,16-3)33-21-19-32(29(4)26-33)20-25-37(38(6,7)8)42-43(12,13)39(9,10)11;1-9-12-26-13-19-31(35-23-26)30-18-17-29(22-25(30)5)34(10-2,11-3)28-16-14-27(24(4)21-28)15-20-32(36)33(6,7)8;3-2(4,5)1-6;3*2-1-3/h18-19,21-24,26-28,37H,14-17,20,25H2,1-13H3;13-14,16-19,21-23,32,36H,9-12,15,20H2,1-8H3;1H;1H2;;. The molecule has 94 heavy (non-hydrogen) atoms. The summed E-state index contributed by atoms with van der Waals surface area (Å²) < 4.78 is 38.3. The topological polar surface area (TPSA) is 141 Å². The number of nitrogens with zero attached hydrogens (tertiary/aromatic N) is 2. The van der Waals surface area contributed by atoms with Crippen LogP contribution in [-0.4, -0.2) is 65.7 Å². The molecule has 9 nitrogen and oxygen atoms in total. The molecule has 0 aliphatic heterocycles. The molecule has 0 saturated heterocycles. The minimum Gasteiger partial charge on any atom is -0.413 e. The van der Waals surface area contributed by atoms with Crippen LogP contribution in [0.4, 0.5) is 13.2 Å². The third-order valence-corrected chi connectivity index (χ3v) is 23.2. The van der Waals surface area contributed by atoms with E-state index in [-0.39, 0.29) is 56.5 Å². The number of aromatic nitrogens is 2. The fourth-order valence-electron chi connectivity index (χ4n) is 11.8. The highest BCUT2D eigenvalue weighted by molar-refractivity contribution is 6.74. The summed E-state index contributed by atoms with van der Waals surface area (Å²) in [4.78, 5) is 50.8. The van der Waals surface area contributed by atoms with Crippen molar-refractivity contribution < 1.29 is 46.7 Å². The minimum absolute atomic E-state index is 0.00954. The van der Waals surface area contributed by atoms with E-state index in [1.54, 1.807) is 0 Å². The number of hydrogen-bond acceptors (Lipinski definition) is 9. The van der Waals surface area contributed by atoms with Gasteiger partial charge in [0, 0.05) is 34.4 Å². The van der Waals surface area contributed by atoms with Gasteiger partial charge in [-0.25, -0.2) is 0 Å². The van der Waals surface area contributed by atoms with Crippen LogP contribution < -0.4 is 0 Å². The van der Waals surface area contributed by atoms with Crippen LogP contribution in [0.1, 0.15) is 222 Å². The molecule has 0 aliphatic carbocycles. The van der Waals surface area contributed by atoms with Crippen LogP contribution in [0.2, 0.25) is 18.1 Å². The Morgan fingerprint density at radius 1 is 0.521 bits per heavy atom. The third-order valence-electron chi connectivity index (χ3n) is 18.7. The van der Waals surface area contributed by atoms with E-state index in [9.17, 15) is 18.3 Å². The quantitative estimate of drug-likeness (QED) is 0.0399. The molecule has 518 valence electrons. The van der Waals surface area contributed by atoms with Crippen molar-refractivity contribution in [1.82, 2.24) is 9.97 Å². The molecule has 0 spiro atoms. The highest BCUT2D eigenvalue weighted by Crippen LogP contribution is 2.44. The number of alkyl halides is 5. The molecule has 2 aromatic heterocycles. The van der Waals surface area contributed by atoms with Gasteiger partial charge in [0.2, 0.25) is 6.29 Å². The van der Waals surface area contributed by atoms with Gasteiger partial charge in [-0.1, -0.05) is 202 Å². The molecule has 0 aliphatic rings. The summed E-state index contributed by atoms with van der Waals surface area (Å²) in [6.07, 6.45) is 11.3. The largest absolute Gasteiger partial charge is 0.446 e. The molecule has 0 saturated carbocycles. The van der Waals surface area contributed by atoms with Gasteiger partial charge < -0.3 is 9.53 Å². The zero-order valence-corrected chi connectivity index (χ0v) is 63.0. The zero-order valence-electron chi connectivity index (χ0n) is 60.5. The molecule has 0 amide bonds. The fourth-order valence-corrected chi connectivity index (χ4v) is 13.3. The molecular formula is C79H111Cl2F3N2O7Si. The number of carbonyl (C=O) groups excluding carboxylic acids is 5. The Hall–Kier alpha value is -5.88. The smallest absolute Gasteiger partial charge is 0.413 e. The van der Waals surface area contributed by atoms with Crippen molar-refractivity contribution in [3.05, 3.63) is 176 Å². The number of benzene rings is 4. The Morgan fingerprint density at radius 3 is 1.09 bits per heavy atom. The number of carbonyl (C=O) groups is 1. The average molecular weight is 1360 g/mol. The number of aldehydes is 1. The maximum Gasteiger partial charge on any atom is 0.446 e. The van der Waals surface area contributed by atoms with Crippen molar-refractivity contribution in [2.24, 2.45) is 10.8 Å². The van der Waals surface area contributed by atoms with Crippen LogP contribution >= 0.6 is 23.2 Å². The summed E-state index contributed by atoms with van der Waals surface area (Å²) in [5.74, 6) is 0. The Labute approximate surface area is 574 Å². The molecule has 0 fully saturated rings. The van der Waals surface area contributed by atoms with Crippen molar-refractivity contribution in [2.45, 2.75) is 256 Å². The van der Waals surface area contributed by atoms with Gasteiger partial charge in [0.1, 0.15) is 0 Å². The lowest BCUT2D eigenvalue weighted by molar-refractivity contribution is -0.193. The Bertz CT molecular complexity index is 3280. The molecule has 4 aromatic carbocycles. The van der Waals surface area contributed by atoms with Gasteiger partial charge in [-0.05, 0) is 200 Å². The van der Waals surface area contributed by atoms with Crippen LogP contribution in [0.3, 0.4) is 0 Å². The molecule has 0 radical (unpaired) electrons. The van der Waals surface area contributed by atoms with E-state index in [0.717, 1.165) is 88.4 Å². The van der Waals surface area contributed by atoms with Gasteiger partial charge in [-0.15, -0.1) is 23.2 Å². The van der Waals surface area contributed by atoms with Gasteiger partial charge in [-0.2, -0.15) is 32.3 Å². The Kier molecular flexibility index (Phi) is 36.6. The number of aryl methyl sites for hydroxylation is 8. The average Bonchev–Trinajstić information content (AvgIpc) is 0.777. The van der Waals surface area contributed by atoms with E-state index in [1.165, 1.54) is 77.9 Å². The lowest BCUT2D eigenvalue weighted by Gasteiger charge is -2.43. The molecule has 1 N–H and O–H groups in total. The van der Waals surface area contributed by atoms with Gasteiger partial charge in [0.05, 0.1) is 28.9 Å². The molecule has 2 unspecified atom stereocenters. The highest BCUT2D eigenvalue weighted by Gasteiger charge is 2.42. The summed E-state index contributed by atoms with van der Waals surface area (Å²) in [5, 5.41) is 10.9. The number of aliphatic hydroxyl groups excluding tert-OH is 1. The fraction of sp³-hybridized carbons (Fsp3) is 0.532. The Morgan fingerprint density at radius 2 is 0.840 bits per heavy atom. The van der Waals surface area contributed by atoms with E-state index in [4.69, 9.17) is 61.6 Å². The lowest BCUT2D eigenvalue weighted by Crippen LogP contribution is -2.47. The van der Waals surface area contributed by atoms with E-state index < -0.39 is 20.8 Å². The second-order valence-corrected chi connectivity index (χ2v) is 33.7. The first kappa shape index (κ1) is 86.1. The van der Waals surface area contributed by atoms with Gasteiger partial charge in [-0.3, -0.25) is 14.8 Å². The van der Waals surface area contributed by atoms with Crippen molar-refractivity contribution in [3.63, 3.8) is 0 Å². The normalized spacial score (nSPS) is 12.4. The number of halogens is 5. The predicted molar refractivity (Wildman–Crippen MR) is 384 cm³/mol. The molecule has 6 rings (SSSR count). The first-order chi connectivity index (χ1) is 43.8. The zero-order chi connectivity index (χ0) is 72.1. The number of rotatable bonds is 22. The van der Waals surface area contributed by atoms with Crippen LogP contribution in [0, 0.1) is 38.5 Å². The molecule has 15 heteroatoms. The van der Waals surface area contributed by atoms with Crippen molar-refractivity contribution in [1.29, 1.82) is 0 Å². The van der Waals surface area contributed by atoms with Crippen molar-refractivity contribution >= 4 is 50.1 Å². The summed E-state index contributed by atoms with van der Waals surface area (Å²) in [6.45, 7) is 47.8. The minimum atomic E-state index is -4.64. The van der Waals surface area contributed by atoms with E-state index in [1.807, 2.05) is 12.4 Å². The summed E-state index contributed by atoms with van der Waals surface area (Å²) >= 11 is 9.53. The second-order valence-electron chi connectivity index (χ2n) is 28.1. The monoisotopic (exact) mass is 1350 g/mol. The molecular weight excluding hydrogens is 1240 g/mol. The third kappa shape index (κ3) is 25.9. The number of hydrogen-bond donors (Lipinski definition) is 1. The molecule has 6 aromatic rings. The summed E-state index contributed by atoms with van der Waals surface area (Å²) in [5.41, 5.74) is 20.9. The first-order valence-electron chi connectivity index (χ1n) is 33.2. The molecule has 2 atom stereocenters. The molecule has 2 heterocycles. The first-order valence-corrected chi connectivity index (χ1v) is 37.1. The molecule has 0 bridgehead atoms. The summed E-state index contributed by atoms with van der Waals surface area (Å²) in [6, 6.07) is 37.1. The number of aliphatic hydroxyl groups is 1. The van der Waals surface area contributed by atoms with E-state index >= 15 is 0 Å².